The Kier molecular flexibility index (Phi) is 4.52. The van der Waals surface area contributed by atoms with Gasteiger partial charge in [0.05, 0.1) is 23.0 Å². The maximum Gasteiger partial charge on any atom is 0.240 e. The van der Waals surface area contributed by atoms with E-state index in [0.29, 0.717) is 10.9 Å². The molecule has 1 aromatic heterocycles. The lowest BCUT2D eigenvalue weighted by atomic mass is 10.00. The molecule has 3 rings (SSSR count). The first-order valence-electron chi connectivity index (χ1n) is 7.84. The second-order valence-corrected chi connectivity index (χ2v) is 7.65. The van der Waals surface area contributed by atoms with Crippen LogP contribution in [0.5, 0.6) is 0 Å². The molecule has 1 aliphatic rings. The Morgan fingerprint density at radius 1 is 1.35 bits per heavy atom. The van der Waals surface area contributed by atoms with Gasteiger partial charge in [-0.15, -0.1) is 0 Å². The molecule has 0 saturated heterocycles. The Morgan fingerprint density at radius 3 is 2.74 bits per heavy atom. The summed E-state index contributed by atoms with van der Waals surface area (Å²) >= 11 is 0. The molecule has 6 nitrogen and oxygen atoms in total. The highest BCUT2D eigenvalue weighted by Gasteiger charge is 2.28. The van der Waals surface area contributed by atoms with Gasteiger partial charge in [-0.05, 0) is 31.2 Å². The topological polar surface area (TPSA) is 78.1 Å². The fourth-order valence-corrected chi connectivity index (χ4v) is 3.90. The SMILES string of the molecule is CC[C@@H]1c2nc[nH]c2CCN1Cc1ccc(S(=O)(=O)NC)cc1. The number of sulfonamides is 1. The van der Waals surface area contributed by atoms with E-state index in [-0.39, 0.29) is 0 Å². The van der Waals surface area contributed by atoms with Gasteiger partial charge in [0.25, 0.3) is 0 Å². The molecule has 7 heteroatoms. The molecule has 0 bridgehead atoms. The van der Waals surface area contributed by atoms with Gasteiger partial charge in [-0.2, -0.15) is 0 Å². The van der Waals surface area contributed by atoms with Gasteiger partial charge in [0.15, 0.2) is 0 Å². The number of benzene rings is 1. The molecule has 0 radical (unpaired) electrons. The van der Waals surface area contributed by atoms with Crippen molar-refractivity contribution in [3.63, 3.8) is 0 Å². The molecule has 124 valence electrons. The van der Waals surface area contributed by atoms with Crippen LogP contribution < -0.4 is 4.72 Å². The van der Waals surface area contributed by atoms with Gasteiger partial charge in [0, 0.05) is 25.2 Å². The van der Waals surface area contributed by atoms with Crippen LogP contribution in [-0.4, -0.2) is 36.9 Å². The number of hydrogen-bond acceptors (Lipinski definition) is 4. The second-order valence-electron chi connectivity index (χ2n) is 5.76. The van der Waals surface area contributed by atoms with Crippen LogP contribution in [0.4, 0.5) is 0 Å². The maximum absolute atomic E-state index is 11.8. The lowest BCUT2D eigenvalue weighted by molar-refractivity contribution is 0.167. The number of aromatic nitrogens is 2. The summed E-state index contributed by atoms with van der Waals surface area (Å²) in [5.41, 5.74) is 3.49. The molecule has 2 N–H and O–H groups in total. The smallest absolute Gasteiger partial charge is 0.240 e. The summed E-state index contributed by atoms with van der Waals surface area (Å²) in [6, 6.07) is 7.40. The summed E-state index contributed by atoms with van der Waals surface area (Å²) in [5, 5.41) is 0. The minimum Gasteiger partial charge on any atom is -0.348 e. The Balaban J connectivity index is 1.77. The van der Waals surface area contributed by atoms with Crippen LogP contribution in [0, 0.1) is 0 Å². The van der Waals surface area contributed by atoms with Crippen molar-refractivity contribution in [2.75, 3.05) is 13.6 Å². The van der Waals surface area contributed by atoms with Crippen molar-refractivity contribution < 1.29 is 8.42 Å². The summed E-state index contributed by atoms with van der Waals surface area (Å²) in [6.07, 6.45) is 3.75. The predicted molar refractivity (Wildman–Crippen MR) is 88.4 cm³/mol. The van der Waals surface area contributed by atoms with E-state index in [1.807, 2.05) is 12.1 Å². The third kappa shape index (κ3) is 3.17. The normalized spacial score (nSPS) is 18.8. The first kappa shape index (κ1) is 16.2. The zero-order valence-corrected chi connectivity index (χ0v) is 14.2. The van der Waals surface area contributed by atoms with Crippen LogP contribution in [0.25, 0.3) is 0 Å². The largest absolute Gasteiger partial charge is 0.348 e. The summed E-state index contributed by atoms with van der Waals surface area (Å²) in [4.78, 5) is 10.4. The number of imidazole rings is 1. The van der Waals surface area contributed by atoms with Crippen LogP contribution in [0.3, 0.4) is 0 Å². The molecule has 0 saturated carbocycles. The minimum absolute atomic E-state index is 0.295. The third-order valence-corrected chi connectivity index (χ3v) is 5.86. The van der Waals surface area contributed by atoms with E-state index in [0.717, 1.165) is 37.2 Å². The van der Waals surface area contributed by atoms with E-state index < -0.39 is 10.0 Å². The van der Waals surface area contributed by atoms with Crippen LogP contribution in [-0.2, 0) is 23.0 Å². The molecule has 1 aromatic carbocycles. The highest BCUT2D eigenvalue weighted by atomic mass is 32.2. The Bertz CT molecular complexity index is 768. The first-order valence-corrected chi connectivity index (χ1v) is 9.32. The van der Waals surface area contributed by atoms with Crippen molar-refractivity contribution in [2.45, 2.75) is 37.2 Å². The van der Waals surface area contributed by atoms with Crippen molar-refractivity contribution >= 4 is 10.0 Å². The third-order valence-electron chi connectivity index (χ3n) is 4.43. The average Bonchev–Trinajstić information content (AvgIpc) is 3.04. The number of hydrogen-bond donors (Lipinski definition) is 2. The van der Waals surface area contributed by atoms with Gasteiger partial charge in [0.2, 0.25) is 10.0 Å². The molecule has 0 amide bonds. The van der Waals surface area contributed by atoms with E-state index >= 15 is 0 Å². The average molecular weight is 334 g/mol. The zero-order valence-electron chi connectivity index (χ0n) is 13.4. The van der Waals surface area contributed by atoms with Crippen LogP contribution >= 0.6 is 0 Å². The lowest BCUT2D eigenvalue weighted by Gasteiger charge is -2.34. The molecule has 2 heterocycles. The fraction of sp³-hybridized carbons (Fsp3) is 0.438. The summed E-state index contributed by atoms with van der Waals surface area (Å²) < 4.78 is 25.9. The number of aromatic amines is 1. The molecule has 0 unspecified atom stereocenters. The van der Waals surface area contributed by atoms with Gasteiger partial charge >= 0.3 is 0 Å². The van der Waals surface area contributed by atoms with E-state index in [2.05, 4.69) is 26.5 Å². The highest BCUT2D eigenvalue weighted by molar-refractivity contribution is 7.89. The van der Waals surface area contributed by atoms with Crippen molar-refractivity contribution in [2.24, 2.45) is 0 Å². The molecule has 2 aromatic rings. The van der Waals surface area contributed by atoms with E-state index in [1.54, 1.807) is 18.5 Å². The van der Waals surface area contributed by atoms with Gasteiger partial charge in [-0.3, -0.25) is 4.90 Å². The zero-order chi connectivity index (χ0) is 16.4. The monoisotopic (exact) mass is 334 g/mol. The Hall–Kier alpha value is -1.70. The van der Waals surface area contributed by atoms with E-state index in [1.165, 1.54) is 12.7 Å². The summed E-state index contributed by atoms with van der Waals surface area (Å²) in [5.74, 6) is 0. The van der Waals surface area contributed by atoms with Gasteiger partial charge in [-0.25, -0.2) is 18.1 Å². The van der Waals surface area contributed by atoms with Crippen LogP contribution in [0.2, 0.25) is 0 Å². The van der Waals surface area contributed by atoms with Crippen LogP contribution in [0.1, 0.15) is 36.3 Å². The Morgan fingerprint density at radius 2 is 2.09 bits per heavy atom. The number of nitrogens with zero attached hydrogens (tertiary/aromatic N) is 2. The van der Waals surface area contributed by atoms with E-state index in [9.17, 15) is 8.42 Å². The quantitative estimate of drug-likeness (QED) is 0.874. The first-order chi connectivity index (χ1) is 11.0. The number of H-pyrrole nitrogens is 1. The number of rotatable bonds is 5. The summed E-state index contributed by atoms with van der Waals surface area (Å²) in [6.45, 7) is 3.94. The molecule has 0 spiro atoms. The Labute approximate surface area is 137 Å². The van der Waals surface area contributed by atoms with Gasteiger partial charge in [0.1, 0.15) is 0 Å². The van der Waals surface area contributed by atoms with Crippen molar-refractivity contribution in [1.82, 2.24) is 19.6 Å². The number of nitrogens with one attached hydrogen (secondary N) is 2. The van der Waals surface area contributed by atoms with Gasteiger partial charge in [-0.1, -0.05) is 19.1 Å². The second kappa shape index (κ2) is 6.43. The standard InChI is InChI=1S/C16H22N4O2S/c1-3-15-16-14(18-11-19-16)8-9-20(15)10-12-4-6-13(7-5-12)23(21,22)17-2/h4-7,11,15,17H,3,8-10H2,1-2H3,(H,18,19)/t15-/m1/s1. The molecule has 1 atom stereocenters. The van der Waals surface area contributed by atoms with Crippen molar-refractivity contribution in [3.05, 3.63) is 47.5 Å². The summed E-state index contributed by atoms with van der Waals surface area (Å²) in [7, 11) is -1.95. The van der Waals surface area contributed by atoms with Crippen LogP contribution in [0.15, 0.2) is 35.5 Å². The van der Waals surface area contributed by atoms with Crippen molar-refractivity contribution in [3.8, 4) is 0 Å². The predicted octanol–water partition coefficient (Wildman–Crippen LogP) is 1.83. The van der Waals surface area contributed by atoms with E-state index in [4.69, 9.17) is 0 Å². The molecule has 0 aliphatic carbocycles. The maximum atomic E-state index is 11.8. The molecule has 0 fully saturated rings. The highest BCUT2D eigenvalue weighted by Crippen LogP contribution is 2.31. The molecular weight excluding hydrogens is 312 g/mol. The van der Waals surface area contributed by atoms with Gasteiger partial charge < -0.3 is 4.98 Å². The molecular formula is C16H22N4O2S. The lowest BCUT2D eigenvalue weighted by Crippen LogP contribution is -2.34. The number of fused-ring (bicyclic) bond motifs is 1. The molecule has 23 heavy (non-hydrogen) atoms. The molecule has 1 aliphatic heterocycles. The van der Waals surface area contributed by atoms with Crippen molar-refractivity contribution in [1.29, 1.82) is 0 Å². The fourth-order valence-electron chi connectivity index (χ4n) is 3.17. The minimum atomic E-state index is -3.37.